The van der Waals surface area contributed by atoms with Crippen molar-refractivity contribution in [1.29, 1.82) is 0 Å². The Morgan fingerprint density at radius 1 is 0.794 bits per heavy atom. The molecule has 0 saturated heterocycles. The highest BCUT2D eigenvalue weighted by Crippen LogP contribution is 2.31. The van der Waals surface area contributed by atoms with E-state index >= 15 is 0 Å². The highest BCUT2D eigenvalue weighted by molar-refractivity contribution is 5.85. The molecule has 0 saturated carbocycles. The molecule has 178 valence electrons. The standard InChI is InChI=1S/C24H26N4O6/c1-28(12-16(30)18(32)19(33)17(31)13-29)23-20-22(25-21(26-23)14-8-4-2-5-9-14)27-24(34-20)15-10-6-3-7-11-15/h2-11,16-19,29-33H,12-13H2,1H3/t16-,17+,18-,19+/m0/s1. The van der Waals surface area contributed by atoms with Gasteiger partial charge in [0.25, 0.3) is 0 Å². The van der Waals surface area contributed by atoms with Crippen molar-refractivity contribution >= 4 is 17.0 Å². The average Bonchev–Trinajstić information content (AvgIpc) is 3.32. The molecule has 2 aromatic carbocycles. The van der Waals surface area contributed by atoms with Crippen LogP contribution in [0.15, 0.2) is 65.1 Å². The Bertz CT molecular complexity index is 1220. The molecule has 0 fully saturated rings. The van der Waals surface area contributed by atoms with Crippen LogP contribution in [0.1, 0.15) is 0 Å². The maximum absolute atomic E-state index is 10.5. The van der Waals surface area contributed by atoms with Gasteiger partial charge < -0.3 is 34.8 Å². The van der Waals surface area contributed by atoms with Gasteiger partial charge in [0.1, 0.15) is 18.3 Å². The van der Waals surface area contributed by atoms with E-state index in [2.05, 4.69) is 15.0 Å². The lowest BCUT2D eigenvalue weighted by molar-refractivity contribution is -0.112. The first-order valence-electron chi connectivity index (χ1n) is 10.7. The van der Waals surface area contributed by atoms with Crippen molar-refractivity contribution in [3.63, 3.8) is 0 Å². The molecule has 4 atom stereocenters. The van der Waals surface area contributed by atoms with Crippen LogP contribution in [0.3, 0.4) is 0 Å². The van der Waals surface area contributed by atoms with Crippen LogP contribution in [0.4, 0.5) is 5.82 Å². The molecular formula is C24H26N4O6. The van der Waals surface area contributed by atoms with Crippen molar-refractivity contribution in [3.05, 3.63) is 60.7 Å². The molecule has 0 radical (unpaired) electrons. The van der Waals surface area contributed by atoms with E-state index in [-0.39, 0.29) is 6.54 Å². The van der Waals surface area contributed by atoms with Crippen LogP contribution in [0.2, 0.25) is 0 Å². The molecule has 2 heterocycles. The van der Waals surface area contributed by atoms with Crippen LogP contribution >= 0.6 is 0 Å². The molecule has 34 heavy (non-hydrogen) atoms. The van der Waals surface area contributed by atoms with E-state index in [1.165, 1.54) is 0 Å². The van der Waals surface area contributed by atoms with Crippen molar-refractivity contribution in [2.75, 3.05) is 25.1 Å². The van der Waals surface area contributed by atoms with E-state index in [1.807, 2.05) is 60.7 Å². The predicted octanol–water partition coefficient (Wildman–Crippen LogP) is 0.824. The summed E-state index contributed by atoms with van der Waals surface area (Å²) >= 11 is 0. The Morgan fingerprint density at radius 2 is 1.38 bits per heavy atom. The van der Waals surface area contributed by atoms with Crippen LogP contribution in [-0.4, -0.2) is 85.1 Å². The van der Waals surface area contributed by atoms with Gasteiger partial charge in [-0.2, -0.15) is 4.98 Å². The van der Waals surface area contributed by atoms with E-state index in [4.69, 9.17) is 9.52 Å². The van der Waals surface area contributed by atoms with Gasteiger partial charge in [0.2, 0.25) is 17.1 Å². The zero-order valence-electron chi connectivity index (χ0n) is 18.4. The molecule has 0 unspecified atom stereocenters. The van der Waals surface area contributed by atoms with E-state index in [0.29, 0.717) is 28.8 Å². The quantitative estimate of drug-likeness (QED) is 0.239. The van der Waals surface area contributed by atoms with E-state index < -0.39 is 31.0 Å². The first kappa shape index (κ1) is 23.7. The number of likely N-dealkylation sites (N-methyl/N-ethyl adjacent to an activating group) is 1. The SMILES string of the molecule is CN(C[C@H](O)[C@H](O)[C@H](O)[C@H](O)CO)c1nc(-c2ccccc2)nc2nc(-c3ccccc3)oc12. The maximum Gasteiger partial charge on any atom is 0.229 e. The number of aromatic nitrogens is 3. The molecule has 4 rings (SSSR count). The second-order valence-corrected chi connectivity index (χ2v) is 7.95. The lowest BCUT2D eigenvalue weighted by Crippen LogP contribution is -2.49. The fourth-order valence-electron chi connectivity index (χ4n) is 3.53. The van der Waals surface area contributed by atoms with Crippen molar-refractivity contribution in [2.45, 2.75) is 24.4 Å². The van der Waals surface area contributed by atoms with E-state index in [0.717, 1.165) is 11.1 Å². The van der Waals surface area contributed by atoms with Crippen molar-refractivity contribution in [1.82, 2.24) is 15.0 Å². The first-order valence-corrected chi connectivity index (χ1v) is 10.7. The molecule has 4 aromatic rings. The number of hydrogen-bond donors (Lipinski definition) is 5. The van der Waals surface area contributed by atoms with Crippen molar-refractivity contribution in [3.8, 4) is 22.8 Å². The van der Waals surface area contributed by atoms with Crippen LogP contribution in [0, 0.1) is 0 Å². The minimum absolute atomic E-state index is 0.169. The summed E-state index contributed by atoms with van der Waals surface area (Å²) in [5.41, 5.74) is 2.12. The van der Waals surface area contributed by atoms with Gasteiger partial charge in [-0.25, -0.2) is 9.97 Å². The normalized spacial score (nSPS) is 15.1. The lowest BCUT2D eigenvalue weighted by Gasteiger charge is -2.29. The monoisotopic (exact) mass is 466 g/mol. The summed E-state index contributed by atoms with van der Waals surface area (Å²) in [7, 11) is 1.63. The Balaban J connectivity index is 1.72. The van der Waals surface area contributed by atoms with Gasteiger partial charge in [-0.3, -0.25) is 0 Å². The third-order valence-electron chi connectivity index (χ3n) is 5.44. The molecule has 10 nitrogen and oxygen atoms in total. The Kier molecular flexibility index (Phi) is 7.15. The molecule has 0 bridgehead atoms. The van der Waals surface area contributed by atoms with E-state index in [1.54, 1.807) is 11.9 Å². The van der Waals surface area contributed by atoms with Crippen molar-refractivity contribution in [2.24, 2.45) is 0 Å². The summed E-state index contributed by atoms with van der Waals surface area (Å²) < 4.78 is 6.00. The Labute approximate surface area is 195 Å². The highest BCUT2D eigenvalue weighted by atomic mass is 16.4. The highest BCUT2D eigenvalue weighted by Gasteiger charge is 2.31. The van der Waals surface area contributed by atoms with Crippen LogP contribution in [0.25, 0.3) is 34.1 Å². The fraction of sp³-hybridized carbons (Fsp3) is 0.292. The number of fused-ring (bicyclic) bond motifs is 1. The van der Waals surface area contributed by atoms with Gasteiger partial charge in [-0.1, -0.05) is 48.5 Å². The summed E-state index contributed by atoms with van der Waals surface area (Å²) in [6.07, 6.45) is -6.49. The largest absolute Gasteiger partial charge is 0.430 e. The zero-order valence-corrected chi connectivity index (χ0v) is 18.4. The van der Waals surface area contributed by atoms with Gasteiger partial charge >= 0.3 is 0 Å². The molecule has 2 aromatic heterocycles. The summed E-state index contributed by atoms with van der Waals surface area (Å²) in [5, 5.41) is 49.2. The van der Waals surface area contributed by atoms with Crippen molar-refractivity contribution < 1.29 is 29.9 Å². The summed E-state index contributed by atoms with van der Waals surface area (Å²) in [4.78, 5) is 15.3. The smallest absolute Gasteiger partial charge is 0.229 e. The fourth-order valence-corrected chi connectivity index (χ4v) is 3.53. The number of oxazole rings is 1. The second-order valence-electron chi connectivity index (χ2n) is 7.95. The molecule has 5 N–H and O–H groups in total. The summed E-state index contributed by atoms with van der Waals surface area (Å²) in [5.74, 6) is 1.07. The minimum atomic E-state index is -1.73. The predicted molar refractivity (Wildman–Crippen MR) is 125 cm³/mol. The number of nitrogens with zero attached hydrogens (tertiary/aromatic N) is 4. The average molecular weight is 466 g/mol. The number of benzene rings is 2. The van der Waals surface area contributed by atoms with Gasteiger partial charge in [0.05, 0.1) is 12.7 Å². The van der Waals surface area contributed by atoms with Crippen LogP contribution in [-0.2, 0) is 0 Å². The molecule has 0 aliphatic carbocycles. The molecule has 10 heteroatoms. The number of hydrogen-bond acceptors (Lipinski definition) is 10. The van der Waals surface area contributed by atoms with Crippen LogP contribution < -0.4 is 4.90 Å². The lowest BCUT2D eigenvalue weighted by atomic mass is 10.0. The third kappa shape index (κ3) is 4.91. The van der Waals surface area contributed by atoms with Gasteiger partial charge in [-0.15, -0.1) is 0 Å². The Hall–Kier alpha value is -3.41. The second kappa shape index (κ2) is 10.2. The van der Waals surface area contributed by atoms with E-state index in [9.17, 15) is 20.4 Å². The van der Waals surface area contributed by atoms with Gasteiger partial charge in [0, 0.05) is 24.7 Å². The molecular weight excluding hydrogens is 440 g/mol. The zero-order chi connectivity index (χ0) is 24.2. The molecule has 0 amide bonds. The minimum Gasteiger partial charge on any atom is -0.430 e. The number of aliphatic hydroxyl groups excluding tert-OH is 5. The summed E-state index contributed by atoms with van der Waals surface area (Å²) in [6, 6.07) is 18.6. The number of aliphatic hydroxyl groups is 5. The molecule has 0 aliphatic heterocycles. The van der Waals surface area contributed by atoms with Gasteiger partial charge in [-0.05, 0) is 12.1 Å². The number of anilines is 1. The molecule has 0 aliphatic rings. The topological polar surface area (TPSA) is 156 Å². The first-order chi connectivity index (χ1) is 16.4. The maximum atomic E-state index is 10.5. The van der Waals surface area contributed by atoms with Gasteiger partial charge in [0.15, 0.2) is 11.6 Å². The molecule has 0 spiro atoms. The summed E-state index contributed by atoms with van der Waals surface area (Å²) in [6.45, 7) is -0.924. The number of rotatable bonds is 9. The Morgan fingerprint density at radius 3 is 2.00 bits per heavy atom. The van der Waals surface area contributed by atoms with Crippen LogP contribution in [0.5, 0.6) is 0 Å². The third-order valence-corrected chi connectivity index (χ3v) is 5.44.